The van der Waals surface area contributed by atoms with Crippen molar-refractivity contribution in [2.75, 3.05) is 12.8 Å². The van der Waals surface area contributed by atoms with E-state index in [0.29, 0.717) is 11.0 Å². The number of halogens is 1. The second-order valence-electron chi connectivity index (χ2n) is 2.97. The fourth-order valence-corrected chi connectivity index (χ4v) is 1.53. The lowest BCUT2D eigenvalue weighted by atomic mass is 10.3. The second kappa shape index (κ2) is 3.82. The Labute approximate surface area is 92.2 Å². The van der Waals surface area contributed by atoms with Crippen LogP contribution in [0.15, 0.2) is 30.6 Å². The van der Waals surface area contributed by atoms with Gasteiger partial charge in [0.05, 0.1) is 17.8 Å². The Morgan fingerprint density at radius 2 is 2.27 bits per heavy atom. The molecule has 1 aromatic carbocycles. The molecule has 0 saturated carbocycles. The van der Waals surface area contributed by atoms with Gasteiger partial charge in [-0.3, -0.25) is 4.57 Å². The first-order valence-corrected chi connectivity index (χ1v) is 4.73. The van der Waals surface area contributed by atoms with Gasteiger partial charge in [-0.15, -0.1) is 0 Å². The molecule has 15 heavy (non-hydrogen) atoms. The van der Waals surface area contributed by atoms with E-state index >= 15 is 0 Å². The average Bonchev–Trinajstić information content (AvgIpc) is 2.65. The van der Waals surface area contributed by atoms with Crippen molar-refractivity contribution in [1.29, 1.82) is 0 Å². The molecule has 0 bridgehead atoms. The van der Waals surface area contributed by atoms with Crippen molar-refractivity contribution in [3.05, 3.63) is 35.6 Å². The molecule has 0 aliphatic carbocycles. The minimum absolute atomic E-state index is 0.394. The third-order valence-electron chi connectivity index (χ3n) is 2.08. The summed E-state index contributed by atoms with van der Waals surface area (Å²) in [6.07, 6.45) is 3.36. The molecule has 0 unspecified atom stereocenters. The zero-order valence-corrected chi connectivity index (χ0v) is 8.90. The Morgan fingerprint density at radius 1 is 1.47 bits per heavy atom. The van der Waals surface area contributed by atoms with Crippen LogP contribution in [0, 0.1) is 0 Å². The van der Waals surface area contributed by atoms with Gasteiger partial charge in [-0.25, -0.2) is 4.98 Å². The molecule has 0 aliphatic heterocycles. The van der Waals surface area contributed by atoms with Gasteiger partial charge in [0.25, 0.3) is 0 Å². The molecule has 0 saturated heterocycles. The molecule has 1 aromatic heterocycles. The van der Waals surface area contributed by atoms with Gasteiger partial charge in [0.1, 0.15) is 5.75 Å². The predicted molar refractivity (Wildman–Crippen MR) is 59.5 cm³/mol. The summed E-state index contributed by atoms with van der Waals surface area (Å²) in [5.41, 5.74) is 6.44. The molecule has 0 radical (unpaired) electrons. The standard InChI is InChI=1S/C10H10ClN3O/c1-15-7-2-3-8(11)9(6-7)14-5-4-13-10(14)12/h2-6H,1H3,(H2,12,13). The maximum Gasteiger partial charge on any atom is 0.204 e. The normalized spacial score (nSPS) is 10.3. The number of nitrogens with two attached hydrogens (primary N) is 1. The van der Waals surface area contributed by atoms with Crippen LogP contribution in [0.5, 0.6) is 5.75 Å². The third kappa shape index (κ3) is 1.76. The maximum absolute atomic E-state index is 6.06. The lowest BCUT2D eigenvalue weighted by molar-refractivity contribution is 0.414. The largest absolute Gasteiger partial charge is 0.497 e. The van der Waals surface area contributed by atoms with E-state index in [1.807, 2.05) is 0 Å². The van der Waals surface area contributed by atoms with Crippen molar-refractivity contribution in [3.8, 4) is 11.4 Å². The zero-order chi connectivity index (χ0) is 10.8. The summed E-state index contributed by atoms with van der Waals surface area (Å²) >= 11 is 6.06. The Kier molecular flexibility index (Phi) is 2.51. The number of methoxy groups -OCH3 is 1. The van der Waals surface area contributed by atoms with Crippen molar-refractivity contribution in [2.45, 2.75) is 0 Å². The zero-order valence-electron chi connectivity index (χ0n) is 8.14. The molecule has 0 atom stereocenters. The summed E-state index contributed by atoms with van der Waals surface area (Å²) < 4.78 is 6.81. The van der Waals surface area contributed by atoms with E-state index in [0.717, 1.165) is 11.4 Å². The summed E-state index contributed by atoms with van der Waals surface area (Å²) in [7, 11) is 1.60. The first-order chi connectivity index (χ1) is 7.22. The van der Waals surface area contributed by atoms with Crippen LogP contribution in [0.4, 0.5) is 5.95 Å². The van der Waals surface area contributed by atoms with Crippen molar-refractivity contribution in [3.63, 3.8) is 0 Å². The molecule has 0 fully saturated rings. The number of rotatable bonds is 2. The van der Waals surface area contributed by atoms with E-state index in [9.17, 15) is 0 Å². The fourth-order valence-electron chi connectivity index (χ4n) is 1.32. The highest BCUT2D eigenvalue weighted by atomic mass is 35.5. The number of benzene rings is 1. The Hall–Kier alpha value is -1.68. The van der Waals surface area contributed by atoms with E-state index in [2.05, 4.69) is 4.98 Å². The molecule has 2 rings (SSSR count). The van der Waals surface area contributed by atoms with E-state index in [4.69, 9.17) is 22.1 Å². The Morgan fingerprint density at radius 3 is 2.87 bits per heavy atom. The van der Waals surface area contributed by atoms with Gasteiger partial charge in [0.2, 0.25) is 5.95 Å². The quantitative estimate of drug-likeness (QED) is 0.849. The van der Waals surface area contributed by atoms with Crippen LogP contribution in [-0.2, 0) is 0 Å². The molecule has 0 amide bonds. The van der Waals surface area contributed by atoms with Crippen LogP contribution in [0.25, 0.3) is 5.69 Å². The second-order valence-corrected chi connectivity index (χ2v) is 3.38. The number of hydrogen-bond acceptors (Lipinski definition) is 3. The van der Waals surface area contributed by atoms with Crippen molar-refractivity contribution in [2.24, 2.45) is 0 Å². The van der Waals surface area contributed by atoms with E-state index < -0.39 is 0 Å². The molecular formula is C10H10ClN3O. The molecule has 1 heterocycles. The van der Waals surface area contributed by atoms with Crippen molar-refractivity contribution < 1.29 is 4.74 Å². The molecule has 0 spiro atoms. The van der Waals surface area contributed by atoms with Crippen LogP contribution in [0.1, 0.15) is 0 Å². The van der Waals surface area contributed by atoms with Gasteiger partial charge in [0.15, 0.2) is 0 Å². The van der Waals surface area contributed by atoms with Gasteiger partial charge >= 0.3 is 0 Å². The maximum atomic E-state index is 6.06. The molecular weight excluding hydrogens is 214 g/mol. The number of nitrogens with zero attached hydrogens (tertiary/aromatic N) is 2. The summed E-state index contributed by atoms with van der Waals surface area (Å²) in [5.74, 6) is 1.12. The highest BCUT2D eigenvalue weighted by molar-refractivity contribution is 6.32. The minimum atomic E-state index is 0.394. The molecule has 2 N–H and O–H groups in total. The SMILES string of the molecule is COc1ccc(Cl)c(-n2ccnc2N)c1. The van der Waals surface area contributed by atoms with Gasteiger partial charge in [-0.05, 0) is 12.1 Å². The highest BCUT2D eigenvalue weighted by Gasteiger charge is 2.07. The molecule has 5 heteroatoms. The van der Waals surface area contributed by atoms with E-state index in [1.165, 1.54) is 0 Å². The number of nitrogen functional groups attached to an aromatic ring is 1. The average molecular weight is 224 g/mol. The van der Waals surface area contributed by atoms with Crippen molar-refractivity contribution >= 4 is 17.5 Å². The lowest BCUT2D eigenvalue weighted by Crippen LogP contribution is -2.00. The molecule has 2 aromatic rings. The third-order valence-corrected chi connectivity index (χ3v) is 2.40. The first kappa shape index (κ1) is 9.86. The number of aromatic nitrogens is 2. The van der Waals surface area contributed by atoms with Gasteiger partial charge in [-0.1, -0.05) is 11.6 Å². The first-order valence-electron chi connectivity index (χ1n) is 4.35. The van der Waals surface area contributed by atoms with Crippen LogP contribution < -0.4 is 10.5 Å². The molecule has 78 valence electrons. The number of ether oxygens (including phenoxy) is 1. The van der Waals surface area contributed by atoms with E-state index in [-0.39, 0.29) is 0 Å². The summed E-state index contributed by atoms with van der Waals surface area (Å²) in [6, 6.07) is 5.36. The summed E-state index contributed by atoms with van der Waals surface area (Å²) in [5, 5.41) is 0.598. The van der Waals surface area contributed by atoms with Gasteiger partial charge in [0, 0.05) is 18.5 Å². The van der Waals surface area contributed by atoms with Crippen LogP contribution in [-0.4, -0.2) is 16.7 Å². The summed E-state index contributed by atoms with van der Waals surface area (Å²) in [4.78, 5) is 3.93. The number of anilines is 1. The summed E-state index contributed by atoms with van der Waals surface area (Å²) in [6.45, 7) is 0. The van der Waals surface area contributed by atoms with Crippen molar-refractivity contribution in [1.82, 2.24) is 9.55 Å². The Balaban J connectivity index is 2.56. The molecule has 4 nitrogen and oxygen atoms in total. The topological polar surface area (TPSA) is 53.1 Å². The number of hydrogen-bond donors (Lipinski definition) is 1. The lowest BCUT2D eigenvalue weighted by Gasteiger charge is -2.08. The van der Waals surface area contributed by atoms with Gasteiger partial charge < -0.3 is 10.5 Å². The fraction of sp³-hybridized carbons (Fsp3) is 0.100. The monoisotopic (exact) mass is 223 g/mol. The highest BCUT2D eigenvalue weighted by Crippen LogP contribution is 2.26. The van der Waals surface area contributed by atoms with Gasteiger partial charge in [-0.2, -0.15) is 0 Å². The predicted octanol–water partition coefficient (Wildman–Crippen LogP) is 2.12. The van der Waals surface area contributed by atoms with Crippen LogP contribution in [0.3, 0.4) is 0 Å². The molecule has 0 aliphatic rings. The Bertz CT molecular complexity index is 481. The van der Waals surface area contributed by atoms with Crippen LogP contribution in [0.2, 0.25) is 5.02 Å². The minimum Gasteiger partial charge on any atom is -0.497 e. The number of imidazole rings is 1. The van der Waals surface area contributed by atoms with Crippen LogP contribution >= 0.6 is 11.6 Å². The smallest absolute Gasteiger partial charge is 0.204 e. The van der Waals surface area contributed by atoms with E-state index in [1.54, 1.807) is 42.3 Å².